The molecule has 0 unspecified atom stereocenters. The number of thioether (sulfide) groups is 1. The summed E-state index contributed by atoms with van der Waals surface area (Å²) in [5, 5.41) is -0.182. The fourth-order valence-electron chi connectivity index (χ4n) is 4.32. The van der Waals surface area contributed by atoms with E-state index in [1.165, 1.54) is 29.7 Å². The first-order valence-electron chi connectivity index (χ1n) is 11.3. The third kappa shape index (κ3) is 5.82. The molecule has 7 heteroatoms. The molecule has 1 aliphatic carbocycles. The van der Waals surface area contributed by atoms with Crippen LogP contribution >= 0.6 is 27.7 Å². The summed E-state index contributed by atoms with van der Waals surface area (Å²) in [6.45, 7) is 2.99. The van der Waals surface area contributed by atoms with E-state index in [0.717, 1.165) is 40.2 Å². The van der Waals surface area contributed by atoms with Crippen molar-refractivity contribution in [2.24, 2.45) is 5.92 Å². The highest BCUT2D eigenvalue weighted by molar-refractivity contribution is 9.10. The molecule has 1 saturated heterocycles. The number of hydrogen-bond acceptors (Lipinski definition) is 5. The van der Waals surface area contributed by atoms with Crippen molar-refractivity contribution < 1.29 is 19.1 Å². The summed E-state index contributed by atoms with van der Waals surface area (Å²) in [4.78, 5) is 27.3. The van der Waals surface area contributed by atoms with Gasteiger partial charge in [-0.15, -0.1) is 0 Å². The lowest BCUT2D eigenvalue weighted by Crippen LogP contribution is -2.34. The molecule has 0 aromatic heterocycles. The lowest BCUT2D eigenvalue weighted by atomic mass is 9.89. The number of halogens is 1. The van der Waals surface area contributed by atoms with Gasteiger partial charge in [0.15, 0.2) is 11.5 Å². The Morgan fingerprint density at radius 2 is 1.91 bits per heavy atom. The molecule has 0 radical (unpaired) electrons. The van der Waals surface area contributed by atoms with Crippen molar-refractivity contribution >= 4 is 44.9 Å². The third-order valence-electron chi connectivity index (χ3n) is 6.09. The lowest BCUT2D eigenvalue weighted by molar-refractivity contribution is -0.123. The van der Waals surface area contributed by atoms with Gasteiger partial charge in [-0.25, -0.2) is 0 Å². The zero-order chi connectivity index (χ0) is 23.4. The standard InChI is InChI=1S/C26H28BrNO4S/c1-17-7-6-10-19(11-17)16-32-23-14-21(27)20(12-22(23)31-2)13-24-25(29)28(26(30)33-24)15-18-8-4-3-5-9-18/h6-7,10-14,18H,3-5,8-9,15-16H2,1-2H3/b24-13+. The molecular weight excluding hydrogens is 502 g/mol. The van der Waals surface area contributed by atoms with Crippen molar-refractivity contribution in [3.05, 3.63) is 62.5 Å². The van der Waals surface area contributed by atoms with Crippen molar-refractivity contribution in [2.75, 3.05) is 13.7 Å². The fourth-order valence-corrected chi connectivity index (χ4v) is 5.60. The van der Waals surface area contributed by atoms with E-state index in [1.807, 2.05) is 37.3 Å². The van der Waals surface area contributed by atoms with Crippen molar-refractivity contribution in [2.45, 2.75) is 45.6 Å². The maximum atomic E-state index is 13.0. The van der Waals surface area contributed by atoms with Crippen molar-refractivity contribution in [1.82, 2.24) is 4.90 Å². The van der Waals surface area contributed by atoms with E-state index in [2.05, 4.69) is 22.0 Å². The molecule has 2 aromatic carbocycles. The summed E-state index contributed by atoms with van der Waals surface area (Å²) in [5.41, 5.74) is 3.01. The predicted octanol–water partition coefficient (Wildman–Crippen LogP) is 6.96. The van der Waals surface area contributed by atoms with Gasteiger partial charge in [-0.2, -0.15) is 0 Å². The van der Waals surface area contributed by atoms with Crippen molar-refractivity contribution in [3.8, 4) is 11.5 Å². The van der Waals surface area contributed by atoms with Gasteiger partial charge in [0, 0.05) is 11.0 Å². The van der Waals surface area contributed by atoms with E-state index in [9.17, 15) is 9.59 Å². The van der Waals surface area contributed by atoms with Crippen LogP contribution in [0.1, 0.15) is 48.8 Å². The maximum absolute atomic E-state index is 13.0. The molecule has 1 aliphatic heterocycles. The summed E-state index contributed by atoms with van der Waals surface area (Å²) in [7, 11) is 1.59. The molecule has 0 bridgehead atoms. The average Bonchev–Trinajstić information content (AvgIpc) is 3.07. The molecule has 0 atom stereocenters. The minimum Gasteiger partial charge on any atom is -0.493 e. The number of rotatable bonds is 7. The highest BCUT2D eigenvalue weighted by Gasteiger charge is 2.36. The largest absolute Gasteiger partial charge is 0.493 e. The number of ether oxygens (including phenoxy) is 2. The van der Waals surface area contributed by atoms with Crippen LogP contribution < -0.4 is 9.47 Å². The number of hydrogen-bond donors (Lipinski definition) is 0. The average molecular weight is 530 g/mol. The molecule has 0 N–H and O–H groups in total. The van der Waals surface area contributed by atoms with Gasteiger partial charge in [0.25, 0.3) is 11.1 Å². The van der Waals surface area contributed by atoms with Gasteiger partial charge in [0.05, 0.1) is 12.0 Å². The minimum atomic E-state index is -0.207. The van der Waals surface area contributed by atoms with Gasteiger partial charge in [0.2, 0.25) is 0 Å². The summed E-state index contributed by atoms with van der Waals surface area (Å²) in [5.74, 6) is 1.39. The first-order valence-corrected chi connectivity index (χ1v) is 12.9. The number of nitrogens with zero attached hydrogens (tertiary/aromatic N) is 1. The molecule has 2 aromatic rings. The molecule has 4 rings (SSSR count). The normalized spacial score (nSPS) is 18.3. The number of benzene rings is 2. The Labute approximate surface area is 207 Å². The molecule has 2 aliphatic rings. The van der Waals surface area contributed by atoms with Crippen LogP contribution in [0.25, 0.3) is 6.08 Å². The molecule has 33 heavy (non-hydrogen) atoms. The Hall–Kier alpha value is -2.25. The van der Waals surface area contributed by atoms with Crippen LogP contribution in [-0.2, 0) is 11.4 Å². The monoisotopic (exact) mass is 529 g/mol. The molecule has 0 spiro atoms. The van der Waals surface area contributed by atoms with Gasteiger partial charge in [-0.05, 0) is 66.8 Å². The van der Waals surface area contributed by atoms with Crippen molar-refractivity contribution in [3.63, 3.8) is 0 Å². The van der Waals surface area contributed by atoms with E-state index in [1.54, 1.807) is 13.2 Å². The van der Waals surface area contributed by atoms with E-state index < -0.39 is 0 Å². The van der Waals surface area contributed by atoms with Gasteiger partial charge in [-0.3, -0.25) is 14.5 Å². The topological polar surface area (TPSA) is 55.8 Å². The Morgan fingerprint density at radius 3 is 2.64 bits per heavy atom. The van der Waals surface area contributed by atoms with Gasteiger partial charge in [0.1, 0.15) is 6.61 Å². The van der Waals surface area contributed by atoms with Gasteiger partial charge < -0.3 is 9.47 Å². The molecule has 2 amide bonds. The highest BCUT2D eigenvalue weighted by Crippen LogP contribution is 2.39. The number of aryl methyl sites for hydroxylation is 1. The van der Waals surface area contributed by atoms with Crippen molar-refractivity contribution in [1.29, 1.82) is 0 Å². The van der Waals surface area contributed by atoms with E-state index in [4.69, 9.17) is 9.47 Å². The Morgan fingerprint density at radius 1 is 1.12 bits per heavy atom. The molecular formula is C26H28BrNO4S. The number of carbonyl (C=O) groups is 2. The predicted molar refractivity (Wildman–Crippen MR) is 135 cm³/mol. The van der Waals surface area contributed by atoms with Crippen LogP contribution in [0.2, 0.25) is 0 Å². The SMILES string of the molecule is COc1cc(/C=C2/SC(=O)N(CC3CCCCC3)C2=O)c(Br)cc1OCc1cccc(C)c1. The van der Waals surface area contributed by atoms with Crippen LogP contribution in [0, 0.1) is 12.8 Å². The van der Waals surface area contributed by atoms with Crippen LogP contribution in [0.3, 0.4) is 0 Å². The number of imide groups is 1. The van der Waals surface area contributed by atoms with E-state index >= 15 is 0 Å². The summed E-state index contributed by atoms with van der Waals surface area (Å²) in [6, 6.07) is 11.8. The second-order valence-corrected chi connectivity index (χ2v) is 10.4. The molecule has 2 fully saturated rings. The number of carbonyl (C=O) groups excluding carboxylic acids is 2. The molecule has 1 saturated carbocycles. The summed E-state index contributed by atoms with van der Waals surface area (Å²) >= 11 is 4.59. The minimum absolute atomic E-state index is 0.182. The fraction of sp³-hybridized carbons (Fsp3) is 0.385. The first-order chi connectivity index (χ1) is 15.9. The van der Waals surface area contributed by atoms with Gasteiger partial charge in [-0.1, -0.05) is 65.0 Å². The van der Waals surface area contributed by atoms with Crippen LogP contribution in [-0.4, -0.2) is 29.7 Å². The van der Waals surface area contributed by atoms with E-state index in [-0.39, 0.29) is 11.1 Å². The quantitative estimate of drug-likeness (QED) is 0.362. The maximum Gasteiger partial charge on any atom is 0.293 e. The molecule has 5 nitrogen and oxygen atoms in total. The summed E-state index contributed by atoms with van der Waals surface area (Å²) < 4.78 is 12.3. The number of methoxy groups -OCH3 is 1. The Bertz CT molecular complexity index is 1080. The first kappa shape index (κ1) is 23.9. The zero-order valence-electron chi connectivity index (χ0n) is 18.9. The molecule has 174 valence electrons. The smallest absolute Gasteiger partial charge is 0.293 e. The van der Waals surface area contributed by atoms with Gasteiger partial charge >= 0.3 is 0 Å². The zero-order valence-corrected chi connectivity index (χ0v) is 21.3. The highest BCUT2D eigenvalue weighted by atomic mass is 79.9. The second-order valence-electron chi connectivity index (χ2n) is 8.60. The third-order valence-corrected chi connectivity index (χ3v) is 7.68. The van der Waals surface area contributed by atoms with Crippen LogP contribution in [0.5, 0.6) is 11.5 Å². The summed E-state index contributed by atoms with van der Waals surface area (Å²) in [6.07, 6.45) is 7.55. The second kappa shape index (κ2) is 10.8. The number of amides is 2. The van der Waals surface area contributed by atoms with Crippen LogP contribution in [0.4, 0.5) is 4.79 Å². The molecule has 1 heterocycles. The van der Waals surface area contributed by atoms with Crippen LogP contribution in [0.15, 0.2) is 45.8 Å². The Balaban J connectivity index is 1.50. The lowest BCUT2D eigenvalue weighted by Gasteiger charge is -2.25. The van der Waals surface area contributed by atoms with E-state index in [0.29, 0.717) is 35.5 Å². The Kier molecular flexibility index (Phi) is 7.81.